The molecule has 0 spiro atoms. The molecule has 1 atom stereocenters. The van der Waals surface area contributed by atoms with Gasteiger partial charge in [0.05, 0.1) is 6.54 Å². The number of amides is 1. The topological polar surface area (TPSA) is 55.1 Å². The molecule has 0 aromatic carbocycles. The monoisotopic (exact) mass is 330 g/mol. The van der Waals surface area contributed by atoms with Crippen LogP contribution >= 0.6 is 38.6 Å². The second-order valence-corrected chi connectivity index (χ2v) is 6.33. The highest BCUT2D eigenvalue weighted by molar-refractivity contribution is 9.10. The van der Waals surface area contributed by atoms with Gasteiger partial charge in [-0.3, -0.25) is 4.79 Å². The lowest BCUT2D eigenvalue weighted by molar-refractivity contribution is -0.122. The molecular formula is C11H11BrN2OS2. The number of carbonyl (C=O) groups excluding carboxylic acids is 1. The van der Waals surface area contributed by atoms with E-state index in [1.165, 1.54) is 11.3 Å². The Morgan fingerprint density at radius 1 is 1.53 bits per heavy atom. The molecule has 0 aliphatic carbocycles. The third-order valence-electron chi connectivity index (χ3n) is 2.19. The van der Waals surface area contributed by atoms with Crippen molar-refractivity contribution in [3.8, 4) is 0 Å². The van der Waals surface area contributed by atoms with E-state index in [0.717, 1.165) is 14.2 Å². The largest absolute Gasteiger partial charge is 0.350 e. The predicted molar refractivity (Wildman–Crippen MR) is 75.1 cm³/mol. The van der Waals surface area contributed by atoms with Crippen molar-refractivity contribution in [2.24, 2.45) is 5.73 Å². The van der Waals surface area contributed by atoms with Crippen LogP contribution in [0.2, 0.25) is 0 Å². The van der Waals surface area contributed by atoms with Crippen LogP contribution in [0.4, 0.5) is 0 Å². The van der Waals surface area contributed by atoms with E-state index in [0.29, 0.717) is 6.54 Å². The molecule has 2 aromatic rings. The van der Waals surface area contributed by atoms with Crippen LogP contribution in [0.15, 0.2) is 33.4 Å². The highest BCUT2D eigenvalue weighted by atomic mass is 79.9. The van der Waals surface area contributed by atoms with Gasteiger partial charge in [0.1, 0.15) is 6.04 Å². The molecular weight excluding hydrogens is 320 g/mol. The first-order chi connectivity index (χ1) is 8.16. The first-order valence-electron chi connectivity index (χ1n) is 4.96. The Morgan fingerprint density at radius 3 is 2.94 bits per heavy atom. The van der Waals surface area contributed by atoms with Crippen molar-refractivity contribution in [1.29, 1.82) is 0 Å². The molecule has 0 radical (unpaired) electrons. The quantitative estimate of drug-likeness (QED) is 0.905. The van der Waals surface area contributed by atoms with Crippen LogP contribution in [0.5, 0.6) is 0 Å². The van der Waals surface area contributed by atoms with Crippen LogP contribution in [0.3, 0.4) is 0 Å². The minimum absolute atomic E-state index is 0.142. The van der Waals surface area contributed by atoms with Gasteiger partial charge in [0, 0.05) is 19.6 Å². The normalized spacial score (nSPS) is 12.4. The Bertz CT molecular complexity index is 495. The second-order valence-electron chi connectivity index (χ2n) is 3.44. The summed E-state index contributed by atoms with van der Waals surface area (Å²) in [7, 11) is 0. The Kier molecular flexibility index (Phi) is 4.33. The average Bonchev–Trinajstić information content (AvgIpc) is 2.95. The highest BCUT2D eigenvalue weighted by Crippen LogP contribution is 2.20. The molecule has 3 N–H and O–H groups in total. The number of thiophene rings is 2. The number of nitrogens with two attached hydrogens (primary N) is 1. The van der Waals surface area contributed by atoms with Gasteiger partial charge in [0.15, 0.2) is 0 Å². The van der Waals surface area contributed by atoms with Crippen molar-refractivity contribution in [3.05, 3.63) is 43.2 Å². The lowest BCUT2D eigenvalue weighted by Gasteiger charge is -2.09. The molecule has 1 amide bonds. The highest BCUT2D eigenvalue weighted by Gasteiger charge is 2.16. The first-order valence-corrected chi connectivity index (χ1v) is 7.51. The van der Waals surface area contributed by atoms with Crippen LogP contribution in [0.25, 0.3) is 0 Å². The molecule has 3 nitrogen and oxygen atoms in total. The SMILES string of the molecule is NC(C(=O)NCc1cc(Br)cs1)c1cccs1. The lowest BCUT2D eigenvalue weighted by atomic mass is 10.2. The molecule has 17 heavy (non-hydrogen) atoms. The van der Waals surface area contributed by atoms with Crippen molar-refractivity contribution < 1.29 is 4.79 Å². The Balaban J connectivity index is 1.89. The maximum Gasteiger partial charge on any atom is 0.242 e. The standard InChI is InChI=1S/C11H11BrN2OS2/c12-7-4-8(17-6-7)5-14-11(15)10(13)9-2-1-3-16-9/h1-4,6,10H,5,13H2,(H,14,15). The summed E-state index contributed by atoms with van der Waals surface area (Å²) in [5, 5.41) is 6.73. The third-order valence-corrected chi connectivity index (χ3v) is 4.84. The molecule has 0 aliphatic heterocycles. The number of halogens is 1. The maximum absolute atomic E-state index is 11.8. The van der Waals surface area contributed by atoms with Gasteiger partial charge in [0.25, 0.3) is 0 Å². The molecule has 0 fully saturated rings. The summed E-state index contributed by atoms with van der Waals surface area (Å²) >= 11 is 6.47. The summed E-state index contributed by atoms with van der Waals surface area (Å²) in [5.41, 5.74) is 5.84. The average molecular weight is 331 g/mol. The van der Waals surface area contributed by atoms with E-state index in [1.807, 2.05) is 29.0 Å². The van der Waals surface area contributed by atoms with E-state index in [1.54, 1.807) is 11.3 Å². The number of nitrogens with one attached hydrogen (secondary N) is 1. The van der Waals surface area contributed by atoms with Crippen molar-refractivity contribution in [1.82, 2.24) is 5.32 Å². The Morgan fingerprint density at radius 2 is 2.35 bits per heavy atom. The fraction of sp³-hybridized carbons (Fsp3) is 0.182. The van der Waals surface area contributed by atoms with E-state index in [2.05, 4.69) is 21.2 Å². The van der Waals surface area contributed by atoms with Gasteiger partial charge in [-0.15, -0.1) is 22.7 Å². The van der Waals surface area contributed by atoms with Crippen LogP contribution < -0.4 is 11.1 Å². The number of carbonyl (C=O) groups is 1. The number of hydrogen-bond donors (Lipinski definition) is 2. The maximum atomic E-state index is 11.8. The van der Waals surface area contributed by atoms with Crippen LogP contribution in [0.1, 0.15) is 15.8 Å². The summed E-state index contributed by atoms with van der Waals surface area (Å²) in [4.78, 5) is 13.8. The molecule has 0 bridgehead atoms. The van der Waals surface area contributed by atoms with E-state index in [9.17, 15) is 4.79 Å². The predicted octanol–water partition coefficient (Wildman–Crippen LogP) is 2.89. The van der Waals surface area contributed by atoms with Gasteiger partial charge >= 0.3 is 0 Å². The minimum Gasteiger partial charge on any atom is -0.350 e. The van der Waals surface area contributed by atoms with Crippen LogP contribution in [-0.4, -0.2) is 5.91 Å². The van der Waals surface area contributed by atoms with Crippen LogP contribution in [-0.2, 0) is 11.3 Å². The van der Waals surface area contributed by atoms with Crippen molar-refractivity contribution in [2.75, 3.05) is 0 Å². The first kappa shape index (κ1) is 12.8. The zero-order chi connectivity index (χ0) is 12.3. The smallest absolute Gasteiger partial charge is 0.242 e. The Labute approximate surface area is 116 Å². The molecule has 0 saturated carbocycles. The van der Waals surface area contributed by atoms with Gasteiger partial charge in [-0.2, -0.15) is 0 Å². The number of hydrogen-bond acceptors (Lipinski definition) is 4. The minimum atomic E-state index is -0.571. The fourth-order valence-corrected chi connectivity index (χ4v) is 3.44. The lowest BCUT2D eigenvalue weighted by Crippen LogP contribution is -2.32. The van der Waals surface area contributed by atoms with E-state index in [4.69, 9.17) is 5.73 Å². The molecule has 6 heteroatoms. The summed E-state index contributed by atoms with van der Waals surface area (Å²) in [6.07, 6.45) is 0. The van der Waals surface area contributed by atoms with Gasteiger partial charge < -0.3 is 11.1 Å². The zero-order valence-corrected chi connectivity index (χ0v) is 12.1. The van der Waals surface area contributed by atoms with Crippen LogP contribution in [0, 0.1) is 0 Å². The molecule has 0 saturated heterocycles. The van der Waals surface area contributed by atoms with Gasteiger partial charge in [-0.05, 0) is 33.4 Å². The van der Waals surface area contributed by atoms with Gasteiger partial charge in [0.2, 0.25) is 5.91 Å². The van der Waals surface area contributed by atoms with E-state index in [-0.39, 0.29) is 5.91 Å². The number of rotatable bonds is 4. The summed E-state index contributed by atoms with van der Waals surface area (Å²) in [5.74, 6) is -0.142. The molecule has 2 heterocycles. The van der Waals surface area contributed by atoms with Gasteiger partial charge in [-0.1, -0.05) is 6.07 Å². The Hall–Kier alpha value is -0.690. The zero-order valence-electron chi connectivity index (χ0n) is 8.85. The van der Waals surface area contributed by atoms with Crippen molar-refractivity contribution in [2.45, 2.75) is 12.6 Å². The molecule has 1 unspecified atom stereocenters. The fourth-order valence-electron chi connectivity index (χ4n) is 1.33. The molecule has 2 aromatic heterocycles. The summed E-state index contributed by atoms with van der Waals surface area (Å²) < 4.78 is 1.04. The summed E-state index contributed by atoms with van der Waals surface area (Å²) in [6, 6.07) is 5.18. The molecule has 0 aliphatic rings. The molecule has 90 valence electrons. The third kappa shape index (κ3) is 3.38. The summed E-state index contributed by atoms with van der Waals surface area (Å²) in [6.45, 7) is 0.522. The second kappa shape index (κ2) is 5.77. The van der Waals surface area contributed by atoms with E-state index < -0.39 is 6.04 Å². The van der Waals surface area contributed by atoms with E-state index >= 15 is 0 Å². The van der Waals surface area contributed by atoms with Crippen molar-refractivity contribution in [3.63, 3.8) is 0 Å². The van der Waals surface area contributed by atoms with Gasteiger partial charge in [-0.25, -0.2) is 0 Å². The molecule has 2 rings (SSSR count). The van der Waals surface area contributed by atoms with Crippen molar-refractivity contribution >= 4 is 44.5 Å².